The summed E-state index contributed by atoms with van der Waals surface area (Å²) in [6.07, 6.45) is 4.89. The number of benzene rings is 1. The Morgan fingerprint density at radius 1 is 1.32 bits per heavy atom. The minimum atomic E-state index is -0.249. The van der Waals surface area contributed by atoms with Crippen molar-refractivity contribution in [3.05, 3.63) is 36.4 Å². The van der Waals surface area contributed by atoms with E-state index in [2.05, 4.69) is 15.6 Å². The van der Waals surface area contributed by atoms with Crippen LogP contribution >= 0.6 is 0 Å². The SMILES string of the molecule is Nc1ccc(-c2cnc(C(=O)N[C@@H]3C[C@H]4CC[C@@H]3N4)o2)cc1. The van der Waals surface area contributed by atoms with Crippen LogP contribution in [-0.2, 0) is 0 Å². The molecule has 1 aromatic heterocycles. The van der Waals surface area contributed by atoms with Gasteiger partial charge in [-0.1, -0.05) is 0 Å². The summed E-state index contributed by atoms with van der Waals surface area (Å²) < 4.78 is 5.58. The number of hydrogen-bond donors (Lipinski definition) is 3. The number of oxazole rings is 1. The van der Waals surface area contributed by atoms with E-state index in [1.54, 1.807) is 18.3 Å². The van der Waals surface area contributed by atoms with Crippen molar-refractivity contribution in [2.24, 2.45) is 0 Å². The number of rotatable bonds is 3. The molecule has 0 unspecified atom stereocenters. The quantitative estimate of drug-likeness (QED) is 0.748. The molecule has 2 saturated heterocycles. The Morgan fingerprint density at radius 3 is 2.82 bits per heavy atom. The molecule has 2 aromatic rings. The second-order valence-corrected chi connectivity index (χ2v) is 6.01. The van der Waals surface area contributed by atoms with Gasteiger partial charge in [0.05, 0.1) is 6.20 Å². The molecule has 3 atom stereocenters. The summed E-state index contributed by atoms with van der Waals surface area (Å²) in [6.45, 7) is 0. The summed E-state index contributed by atoms with van der Waals surface area (Å²) in [6, 6.07) is 8.38. The fourth-order valence-electron chi connectivity index (χ4n) is 3.37. The summed E-state index contributed by atoms with van der Waals surface area (Å²) >= 11 is 0. The minimum absolute atomic E-state index is 0.106. The number of fused-ring (bicyclic) bond motifs is 2. The third-order valence-electron chi connectivity index (χ3n) is 4.51. The first kappa shape index (κ1) is 13.3. The lowest BCUT2D eigenvalue weighted by atomic mass is 9.95. The smallest absolute Gasteiger partial charge is 0.307 e. The van der Waals surface area contributed by atoms with Crippen molar-refractivity contribution >= 4 is 11.6 Å². The molecule has 4 N–H and O–H groups in total. The molecule has 2 bridgehead atoms. The highest BCUT2D eigenvalue weighted by molar-refractivity contribution is 5.90. The van der Waals surface area contributed by atoms with Crippen LogP contribution in [0.5, 0.6) is 0 Å². The lowest BCUT2D eigenvalue weighted by molar-refractivity contribution is 0.0896. The van der Waals surface area contributed by atoms with Gasteiger partial charge < -0.3 is 20.8 Å². The van der Waals surface area contributed by atoms with Crippen molar-refractivity contribution in [3.63, 3.8) is 0 Å². The van der Waals surface area contributed by atoms with Gasteiger partial charge >= 0.3 is 5.91 Å². The first-order chi connectivity index (χ1) is 10.7. The standard InChI is InChI=1S/C16H18N4O2/c17-10-3-1-9(2-4-10)14-8-18-16(22-14)15(21)20-13-7-11-5-6-12(13)19-11/h1-4,8,11-13,19H,5-7,17H2,(H,20,21)/t11-,12+,13-/m1/s1. The van der Waals surface area contributed by atoms with Gasteiger partial charge in [-0.2, -0.15) is 0 Å². The third-order valence-corrected chi connectivity index (χ3v) is 4.51. The van der Waals surface area contributed by atoms with Gasteiger partial charge in [0.2, 0.25) is 0 Å². The maximum atomic E-state index is 12.3. The zero-order valence-electron chi connectivity index (χ0n) is 12.1. The molecular weight excluding hydrogens is 280 g/mol. The fraction of sp³-hybridized carbons (Fsp3) is 0.375. The van der Waals surface area contributed by atoms with E-state index in [-0.39, 0.29) is 17.8 Å². The Bertz CT molecular complexity index is 694. The highest BCUT2D eigenvalue weighted by Crippen LogP contribution is 2.28. The van der Waals surface area contributed by atoms with Crippen LogP contribution < -0.4 is 16.4 Å². The number of nitrogen functional groups attached to an aromatic ring is 1. The van der Waals surface area contributed by atoms with Crippen LogP contribution in [-0.4, -0.2) is 29.0 Å². The molecule has 6 heteroatoms. The molecule has 2 aliphatic heterocycles. The second kappa shape index (κ2) is 5.14. The van der Waals surface area contributed by atoms with Gasteiger partial charge in [0.1, 0.15) is 0 Å². The maximum Gasteiger partial charge on any atom is 0.307 e. The Morgan fingerprint density at radius 2 is 2.14 bits per heavy atom. The first-order valence-corrected chi connectivity index (χ1v) is 7.58. The number of carbonyl (C=O) groups is 1. The number of nitrogens with one attached hydrogen (secondary N) is 2. The van der Waals surface area contributed by atoms with E-state index >= 15 is 0 Å². The fourth-order valence-corrected chi connectivity index (χ4v) is 3.37. The number of aromatic nitrogens is 1. The lowest BCUT2D eigenvalue weighted by Gasteiger charge is -2.20. The molecule has 1 aromatic carbocycles. The van der Waals surface area contributed by atoms with E-state index in [1.807, 2.05) is 12.1 Å². The van der Waals surface area contributed by atoms with Crippen LogP contribution in [0.3, 0.4) is 0 Å². The minimum Gasteiger partial charge on any atom is -0.432 e. The molecule has 6 nitrogen and oxygen atoms in total. The molecule has 114 valence electrons. The number of amides is 1. The third kappa shape index (κ3) is 2.35. The van der Waals surface area contributed by atoms with Gasteiger partial charge in [-0.3, -0.25) is 4.79 Å². The van der Waals surface area contributed by atoms with Crippen LogP contribution in [0.25, 0.3) is 11.3 Å². The van der Waals surface area contributed by atoms with E-state index in [1.165, 1.54) is 6.42 Å². The average molecular weight is 298 g/mol. The molecule has 2 fully saturated rings. The molecule has 0 aliphatic carbocycles. The van der Waals surface area contributed by atoms with Crippen molar-refractivity contribution in [2.45, 2.75) is 37.4 Å². The van der Waals surface area contributed by atoms with Gasteiger partial charge in [-0.15, -0.1) is 0 Å². The zero-order valence-corrected chi connectivity index (χ0v) is 12.1. The van der Waals surface area contributed by atoms with Crippen molar-refractivity contribution in [1.82, 2.24) is 15.6 Å². The second-order valence-electron chi connectivity index (χ2n) is 6.01. The summed E-state index contributed by atoms with van der Waals surface area (Å²) in [5.41, 5.74) is 7.20. The normalized spacial score (nSPS) is 26.3. The van der Waals surface area contributed by atoms with Crippen LogP contribution in [0.4, 0.5) is 5.69 Å². The number of hydrogen-bond acceptors (Lipinski definition) is 5. The maximum absolute atomic E-state index is 12.3. The highest BCUT2D eigenvalue weighted by atomic mass is 16.4. The van der Waals surface area contributed by atoms with E-state index in [4.69, 9.17) is 10.2 Å². The molecule has 1 amide bonds. The van der Waals surface area contributed by atoms with E-state index in [9.17, 15) is 4.79 Å². The predicted molar refractivity (Wildman–Crippen MR) is 82.2 cm³/mol. The Kier molecular flexibility index (Phi) is 3.11. The van der Waals surface area contributed by atoms with Gasteiger partial charge in [0, 0.05) is 29.4 Å². The molecular formula is C16H18N4O2. The summed E-state index contributed by atoms with van der Waals surface area (Å²) in [4.78, 5) is 16.3. The largest absolute Gasteiger partial charge is 0.432 e. The summed E-state index contributed by atoms with van der Waals surface area (Å²) in [5, 5.41) is 6.52. The lowest BCUT2D eigenvalue weighted by Crippen LogP contribution is -2.43. The van der Waals surface area contributed by atoms with Crippen LogP contribution in [0.1, 0.15) is 29.9 Å². The predicted octanol–water partition coefficient (Wildman–Crippen LogP) is 1.55. The van der Waals surface area contributed by atoms with E-state index in [0.717, 1.165) is 18.4 Å². The van der Waals surface area contributed by atoms with E-state index in [0.29, 0.717) is 23.5 Å². The molecule has 22 heavy (non-hydrogen) atoms. The molecule has 3 heterocycles. The number of nitrogens with two attached hydrogens (primary N) is 1. The van der Waals surface area contributed by atoms with Crippen molar-refractivity contribution in [1.29, 1.82) is 0 Å². The van der Waals surface area contributed by atoms with Crippen LogP contribution in [0, 0.1) is 0 Å². The highest BCUT2D eigenvalue weighted by Gasteiger charge is 2.40. The Hall–Kier alpha value is -2.34. The number of nitrogens with zero attached hydrogens (tertiary/aromatic N) is 1. The first-order valence-electron chi connectivity index (χ1n) is 7.58. The summed E-state index contributed by atoms with van der Waals surface area (Å²) in [7, 11) is 0. The van der Waals surface area contributed by atoms with Gasteiger partial charge in [0.25, 0.3) is 5.89 Å². The Labute approximate surface area is 128 Å². The van der Waals surface area contributed by atoms with Crippen molar-refractivity contribution in [3.8, 4) is 11.3 Å². The Balaban J connectivity index is 1.46. The van der Waals surface area contributed by atoms with Crippen molar-refractivity contribution in [2.75, 3.05) is 5.73 Å². The molecule has 0 saturated carbocycles. The number of anilines is 1. The monoisotopic (exact) mass is 298 g/mol. The molecule has 0 radical (unpaired) electrons. The van der Waals surface area contributed by atoms with Gasteiger partial charge in [-0.05, 0) is 43.5 Å². The van der Waals surface area contributed by atoms with Gasteiger partial charge in [-0.25, -0.2) is 4.98 Å². The van der Waals surface area contributed by atoms with E-state index < -0.39 is 0 Å². The van der Waals surface area contributed by atoms with Crippen molar-refractivity contribution < 1.29 is 9.21 Å². The zero-order chi connectivity index (χ0) is 15.1. The van der Waals surface area contributed by atoms with Gasteiger partial charge in [0.15, 0.2) is 5.76 Å². The average Bonchev–Trinajstić information content (AvgIpc) is 3.24. The topological polar surface area (TPSA) is 93.2 Å². The number of carbonyl (C=O) groups excluding carboxylic acids is 1. The molecule has 0 spiro atoms. The summed E-state index contributed by atoms with van der Waals surface area (Å²) in [5.74, 6) is 0.423. The van der Waals surface area contributed by atoms with Crippen LogP contribution in [0.2, 0.25) is 0 Å². The molecule has 4 rings (SSSR count). The molecule has 2 aliphatic rings. The van der Waals surface area contributed by atoms with Crippen LogP contribution in [0.15, 0.2) is 34.9 Å².